The lowest BCUT2D eigenvalue weighted by atomic mass is 10.2. The van der Waals surface area contributed by atoms with Crippen molar-refractivity contribution in [2.24, 2.45) is 0 Å². The van der Waals surface area contributed by atoms with Crippen LogP contribution in [-0.2, 0) is 15.6 Å². The fraction of sp³-hybridized carbons (Fsp3) is 0.320. The third-order valence-electron chi connectivity index (χ3n) is 5.95. The number of aliphatic hydroxyl groups is 1. The molecule has 3 aromatic heterocycles. The first-order valence-electron chi connectivity index (χ1n) is 11.4. The number of aryl methyl sites for hydroxylation is 2. The van der Waals surface area contributed by atoms with E-state index in [2.05, 4.69) is 25.4 Å². The number of aromatic nitrogens is 6. The van der Waals surface area contributed by atoms with Crippen molar-refractivity contribution < 1.29 is 23.0 Å². The monoisotopic (exact) mass is 524 g/mol. The number of hydrogen-bond donors (Lipinski definition) is 1. The van der Waals surface area contributed by atoms with Crippen molar-refractivity contribution in [1.29, 1.82) is 0 Å². The van der Waals surface area contributed by atoms with Crippen molar-refractivity contribution >= 4 is 9.84 Å². The Morgan fingerprint density at radius 3 is 2.27 bits per heavy atom. The fourth-order valence-corrected chi connectivity index (χ4v) is 5.22. The maximum Gasteiger partial charge on any atom is 0.170 e. The molecule has 0 saturated carbocycles. The smallest absolute Gasteiger partial charge is 0.170 e. The molecule has 0 aliphatic heterocycles. The molecule has 0 radical (unpaired) electrons. The Morgan fingerprint density at radius 1 is 0.973 bits per heavy atom. The van der Waals surface area contributed by atoms with Crippen LogP contribution in [0.15, 0.2) is 48.8 Å². The molecule has 0 aliphatic rings. The molecule has 0 fully saturated rings. The molecule has 1 aromatic carbocycles. The van der Waals surface area contributed by atoms with Gasteiger partial charge in [0.1, 0.15) is 29.0 Å². The topological polar surface area (TPSA) is 142 Å². The van der Waals surface area contributed by atoms with Crippen LogP contribution in [0, 0.1) is 13.8 Å². The van der Waals surface area contributed by atoms with E-state index in [4.69, 9.17) is 9.47 Å². The number of ether oxygens (including phenoxy) is 2. The maximum absolute atomic E-state index is 13.5. The van der Waals surface area contributed by atoms with E-state index < -0.39 is 26.9 Å². The van der Waals surface area contributed by atoms with Gasteiger partial charge in [0, 0.05) is 18.0 Å². The molecule has 4 rings (SSSR count). The van der Waals surface area contributed by atoms with Gasteiger partial charge >= 0.3 is 0 Å². The minimum absolute atomic E-state index is 0.119. The Kier molecular flexibility index (Phi) is 7.50. The van der Waals surface area contributed by atoms with E-state index in [9.17, 15) is 13.5 Å². The van der Waals surface area contributed by atoms with Crippen molar-refractivity contribution in [3.05, 3.63) is 71.6 Å². The highest BCUT2D eigenvalue weighted by molar-refractivity contribution is 7.91. The van der Waals surface area contributed by atoms with Gasteiger partial charge in [-0.2, -0.15) is 10.2 Å². The lowest BCUT2D eigenvalue weighted by Gasteiger charge is -2.20. The molecule has 0 aliphatic carbocycles. The van der Waals surface area contributed by atoms with E-state index in [0.29, 0.717) is 34.3 Å². The molecule has 12 heteroatoms. The normalized spacial score (nSPS) is 13.2. The first kappa shape index (κ1) is 26.2. The Bertz CT molecular complexity index is 1480. The molecule has 0 spiro atoms. The van der Waals surface area contributed by atoms with E-state index in [1.807, 2.05) is 13.0 Å². The number of rotatable bonds is 9. The lowest BCUT2D eigenvalue weighted by molar-refractivity contribution is 0.170. The van der Waals surface area contributed by atoms with Crippen LogP contribution in [0.1, 0.15) is 35.8 Å². The molecule has 0 unspecified atom stereocenters. The number of benzene rings is 1. The number of hydrogen-bond acceptors (Lipinski definition) is 10. The van der Waals surface area contributed by atoms with E-state index >= 15 is 0 Å². The second-order valence-electron chi connectivity index (χ2n) is 8.59. The summed E-state index contributed by atoms with van der Waals surface area (Å²) in [7, 11) is -0.940. The summed E-state index contributed by atoms with van der Waals surface area (Å²) in [4.78, 5) is 4.25. The molecular weight excluding hydrogens is 496 g/mol. The summed E-state index contributed by atoms with van der Waals surface area (Å²) in [5.74, 6) is 0.832. The first-order valence-corrected chi connectivity index (χ1v) is 13.2. The minimum atomic E-state index is -3.96. The molecule has 194 valence electrons. The summed E-state index contributed by atoms with van der Waals surface area (Å²) >= 11 is 0. The summed E-state index contributed by atoms with van der Waals surface area (Å²) < 4.78 is 39.8. The third kappa shape index (κ3) is 5.30. The standard InChI is InChI=1S/C25H28N6O5S/c1-15-11-18(13-26-12-15)25-30-29-22(31(25)23-20(35-4)7-6-8-21(23)36-5)14-37(33,34)17(3)24(32)19-10-9-16(2)27-28-19/h6-13,17,24,32H,14H2,1-5H3/t17-,24+/m0/s1. The number of para-hydroxylation sites is 1. The highest BCUT2D eigenvalue weighted by atomic mass is 32.2. The molecule has 37 heavy (non-hydrogen) atoms. The van der Waals surface area contributed by atoms with E-state index in [0.717, 1.165) is 5.56 Å². The highest BCUT2D eigenvalue weighted by Gasteiger charge is 2.33. The van der Waals surface area contributed by atoms with Crippen LogP contribution in [0.2, 0.25) is 0 Å². The second-order valence-corrected chi connectivity index (χ2v) is 11.0. The predicted octanol–water partition coefficient (Wildman–Crippen LogP) is 2.79. The highest BCUT2D eigenvalue weighted by Crippen LogP contribution is 2.37. The Balaban J connectivity index is 1.83. The molecule has 1 N–H and O–H groups in total. The van der Waals surface area contributed by atoms with Crippen molar-refractivity contribution in [2.75, 3.05) is 14.2 Å². The molecular formula is C25H28N6O5S. The van der Waals surface area contributed by atoms with Crippen LogP contribution < -0.4 is 9.47 Å². The number of methoxy groups -OCH3 is 2. The maximum atomic E-state index is 13.5. The molecule has 3 heterocycles. The lowest BCUT2D eigenvalue weighted by Crippen LogP contribution is -2.28. The van der Waals surface area contributed by atoms with Crippen LogP contribution in [-0.4, -0.2) is 62.9 Å². The summed E-state index contributed by atoms with van der Waals surface area (Å²) in [5.41, 5.74) is 2.79. The van der Waals surface area contributed by atoms with Crippen molar-refractivity contribution in [1.82, 2.24) is 29.9 Å². The van der Waals surface area contributed by atoms with Gasteiger partial charge in [0.25, 0.3) is 0 Å². The van der Waals surface area contributed by atoms with Crippen LogP contribution in [0.4, 0.5) is 0 Å². The van der Waals surface area contributed by atoms with Gasteiger partial charge < -0.3 is 14.6 Å². The largest absolute Gasteiger partial charge is 0.494 e. The first-order chi connectivity index (χ1) is 17.7. The van der Waals surface area contributed by atoms with E-state index in [-0.39, 0.29) is 11.5 Å². The van der Waals surface area contributed by atoms with Crippen LogP contribution in [0.3, 0.4) is 0 Å². The van der Waals surface area contributed by atoms with Gasteiger partial charge in [-0.05, 0) is 56.7 Å². The quantitative estimate of drug-likeness (QED) is 0.347. The van der Waals surface area contributed by atoms with E-state index in [1.165, 1.54) is 21.1 Å². The second kappa shape index (κ2) is 10.6. The Labute approximate surface area is 215 Å². The van der Waals surface area contributed by atoms with Crippen molar-refractivity contribution in [2.45, 2.75) is 37.9 Å². The molecule has 11 nitrogen and oxygen atoms in total. The summed E-state index contributed by atoms with van der Waals surface area (Å²) in [6.07, 6.45) is 1.95. The van der Waals surface area contributed by atoms with Crippen LogP contribution in [0.25, 0.3) is 17.1 Å². The Hall–Kier alpha value is -3.90. The zero-order valence-electron chi connectivity index (χ0n) is 21.2. The van der Waals surface area contributed by atoms with Gasteiger partial charge in [-0.1, -0.05) is 6.07 Å². The van der Waals surface area contributed by atoms with Gasteiger partial charge in [-0.3, -0.25) is 9.55 Å². The zero-order valence-corrected chi connectivity index (χ0v) is 22.0. The van der Waals surface area contributed by atoms with Crippen LogP contribution >= 0.6 is 0 Å². The zero-order chi connectivity index (χ0) is 26.7. The molecule has 2 atom stereocenters. The summed E-state index contributed by atoms with van der Waals surface area (Å²) in [6.45, 7) is 5.07. The molecule has 0 amide bonds. The average molecular weight is 525 g/mol. The number of sulfone groups is 1. The fourth-order valence-electron chi connectivity index (χ4n) is 3.88. The number of pyridine rings is 1. The van der Waals surface area contributed by atoms with Gasteiger partial charge in [0.15, 0.2) is 21.5 Å². The Morgan fingerprint density at radius 2 is 1.68 bits per heavy atom. The average Bonchev–Trinajstić information content (AvgIpc) is 3.29. The van der Waals surface area contributed by atoms with Crippen molar-refractivity contribution in [3.63, 3.8) is 0 Å². The van der Waals surface area contributed by atoms with E-state index in [1.54, 1.807) is 54.2 Å². The van der Waals surface area contributed by atoms with Gasteiger partial charge in [0.2, 0.25) is 0 Å². The van der Waals surface area contributed by atoms with Gasteiger partial charge in [-0.25, -0.2) is 8.42 Å². The number of aliphatic hydroxyl groups excluding tert-OH is 1. The number of nitrogens with zero attached hydrogens (tertiary/aromatic N) is 6. The van der Waals surface area contributed by atoms with Crippen molar-refractivity contribution in [3.8, 4) is 28.6 Å². The van der Waals surface area contributed by atoms with Crippen LogP contribution in [0.5, 0.6) is 11.5 Å². The third-order valence-corrected chi connectivity index (χ3v) is 8.00. The minimum Gasteiger partial charge on any atom is -0.494 e. The summed E-state index contributed by atoms with van der Waals surface area (Å²) in [6, 6.07) is 10.3. The molecule has 4 aromatic rings. The SMILES string of the molecule is COc1cccc(OC)c1-n1c(CS(=O)(=O)[C@@H](C)[C@@H](O)c2ccc(C)nn2)nnc1-c1cncc(C)c1. The summed E-state index contributed by atoms with van der Waals surface area (Å²) in [5, 5.41) is 26.0. The predicted molar refractivity (Wildman–Crippen MR) is 136 cm³/mol. The van der Waals surface area contributed by atoms with Gasteiger partial charge in [0.05, 0.1) is 30.9 Å². The molecule has 0 bridgehead atoms. The molecule has 0 saturated heterocycles. The van der Waals surface area contributed by atoms with Gasteiger partial charge in [-0.15, -0.1) is 10.2 Å².